The van der Waals surface area contributed by atoms with Gasteiger partial charge in [-0.1, -0.05) is 40.7 Å². The Hall–Kier alpha value is -0.653. The predicted molar refractivity (Wildman–Crippen MR) is 91.1 cm³/mol. The van der Waals surface area contributed by atoms with Gasteiger partial charge in [-0.15, -0.1) is 0 Å². The minimum atomic E-state index is -1.78. The van der Waals surface area contributed by atoms with Crippen LogP contribution >= 0.6 is 0 Å². The SMILES string of the molecule is CC(=O)OC1C=CC[C@@H](C(C)(C)CO[Si](C)(C)C(C)(C)C)O1. The molecule has 0 saturated heterocycles. The molecule has 0 radical (unpaired) electrons. The van der Waals surface area contributed by atoms with E-state index in [0.29, 0.717) is 6.61 Å². The number of esters is 1. The minimum Gasteiger partial charge on any atom is -0.432 e. The van der Waals surface area contributed by atoms with E-state index in [4.69, 9.17) is 13.9 Å². The van der Waals surface area contributed by atoms with Gasteiger partial charge in [0.05, 0.1) is 6.10 Å². The molecule has 0 amide bonds. The average Bonchev–Trinajstić information content (AvgIpc) is 2.35. The number of hydrogen-bond donors (Lipinski definition) is 0. The molecule has 1 heterocycles. The third-order valence-corrected chi connectivity index (χ3v) is 9.19. The molecular formula is C17H32O4Si. The molecule has 1 unspecified atom stereocenters. The van der Waals surface area contributed by atoms with Gasteiger partial charge in [0, 0.05) is 18.9 Å². The summed E-state index contributed by atoms with van der Waals surface area (Å²) in [5.74, 6) is -0.328. The molecule has 0 saturated carbocycles. The lowest BCUT2D eigenvalue weighted by atomic mass is 9.85. The first kappa shape index (κ1) is 19.4. The molecule has 0 spiro atoms. The molecule has 0 bridgehead atoms. The molecule has 22 heavy (non-hydrogen) atoms. The van der Waals surface area contributed by atoms with Crippen molar-refractivity contribution in [2.24, 2.45) is 5.41 Å². The summed E-state index contributed by atoms with van der Waals surface area (Å²) < 4.78 is 17.4. The third kappa shape index (κ3) is 5.21. The number of ether oxygens (including phenoxy) is 2. The van der Waals surface area contributed by atoms with Crippen molar-refractivity contribution >= 4 is 14.3 Å². The molecule has 0 aromatic heterocycles. The molecule has 1 rings (SSSR count). The molecule has 2 atom stereocenters. The van der Waals surface area contributed by atoms with Crippen molar-refractivity contribution in [2.45, 2.75) is 78.5 Å². The van der Waals surface area contributed by atoms with Crippen LogP contribution in [0.2, 0.25) is 18.1 Å². The molecule has 128 valence electrons. The van der Waals surface area contributed by atoms with Crippen molar-refractivity contribution in [3.63, 3.8) is 0 Å². The van der Waals surface area contributed by atoms with E-state index in [-0.39, 0.29) is 22.5 Å². The van der Waals surface area contributed by atoms with Crippen molar-refractivity contribution in [3.8, 4) is 0 Å². The van der Waals surface area contributed by atoms with Crippen LogP contribution in [0.15, 0.2) is 12.2 Å². The van der Waals surface area contributed by atoms with Gasteiger partial charge in [0.1, 0.15) is 0 Å². The van der Waals surface area contributed by atoms with E-state index in [1.807, 2.05) is 6.08 Å². The maximum absolute atomic E-state index is 11.1. The van der Waals surface area contributed by atoms with Crippen LogP contribution in [0.3, 0.4) is 0 Å². The van der Waals surface area contributed by atoms with Gasteiger partial charge in [0.2, 0.25) is 6.29 Å². The monoisotopic (exact) mass is 328 g/mol. The largest absolute Gasteiger partial charge is 0.432 e. The zero-order chi connectivity index (χ0) is 17.2. The number of carbonyl (C=O) groups is 1. The van der Waals surface area contributed by atoms with Gasteiger partial charge < -0.3 is 13.9 Å². The first-order chi connectivity index (χ1) is 9.85. The molecule has 0 aromatic carbocycles. The van der Waals surface area contributed by atoms with Gasteiger partial charge in [0.25, 0.3) is 0 Å². The van der Waals surface area contributed by atoms with E-state index < -0.39 is 14.6 Å². The van der Waals surface area contributed by atoms with Gasteiger partial charge in [-0.2, -0.15) is 0 Å². The Bertz CT molecular complexity index is 421. The highest BCUT2D eigenvalue weighted by Crippen LogP contribution is 2.39. The first-order valence-electron chi connectivity index (χ1n) is 7.98. The molecule has 1 aliphatic heterocycles. The second-order valence-corrected chi connectivity index (χ2v) is 13.1. The zero-order valence-corrected chi connectivity index (χ0v) is 16.4. The van der Waals surface area contributed by atoms with Crippen molar-refractivity contribution < 1.29 is 18.7 Å². The quantitative estimate of drug-likeness (QED) is 0.429. The van der Waals surface area contributed by atoms with Crippen LogP contribution in [0, 0.1) is 5.41 Å². The average molecular weight is 329 g/mol. The van der Waals surface area contributed by atoms with E-state index in [0.717, 1.165) is 6.42 Å². The molecule has 1 aliphatic rings. The molecular weight excluding hydrogens is 296 g/mol. The fourth-order valence-electron chi connectivity index (χ4n) is 1.99. The van der Waals surface area contributed by atoms with E-state index in [1.165, 1.54) is 6.92 Å². The maximum Gasteiger partial charge on any atom is 0.305 e. The maximum atomic E-state index is 11.1. The normalized spacial score (nSPS) is 23.5. The minimum absolute atomic E-state index is 0.0216. The molecule has 0 fully saturated rings. The summed E-state index contributed by atoms with van der Waals surface area (Å²) in [4.78, 5) is 11.1. The summed E-state index contributed by atoms with van der Waals surface area (Å²) >= 11 is 0. The highest BCUT2D eigenvalue weighted by Gasteiger charge is 2.41. The fraction of sp³-hybridized carbons (Fsp3) is 0.824. The van der Waals surface area contributed by atoms with Gasteiger partial charge >= 0.3 is 5.97 Å². The lowest BCUT2D eigenvalue weighted by molar-refractivity contribution is -0.190. The summed E-state index contributed by atoms with van der Waals surface area (Å²) in [6, 6.07) is 0. The number of rotatable bonds is 5. The summed E-state index contributed by atoms with van der Waals surface area (Å²) in [5, 5.41) is 0.191. The van der Waals surface area contributed by atoms with E-state index in [1.54, 1.807) is 6.08 Å². The Morgan fingerprint density at radius 1 is 1.27 bits per heavy atom. The van der Waals surface area contributed by atoms with Crippen molar-refractivity contribution in [2.75, 3.05) is 6.61 Å². The van der Waals surface area contributed by atoms with E-state index >= 15 is 0 Å². The Kier molecular flexibility index (Phi) is 6.04. The number of hydrogen-bond acceptors (Lipinski definition) is 4. The fourth-order valence-corrected chi connectivity index (χ4v) is 3.15. The molecule has 0 aromatic rings. The lowest BCUT2D eigenvalue weighted by Gasteiger charge is -2.42. The van der Waals surface area contributed by atoms with Crippen LogP contribution in [0.1, 0.15) is 48.0 Å². The lowest BCUT2D eigenvalue weighted by Crippen LogP contribution is -2.47. The topological polar surface area (TPSA) is 44.8 Å². The molecule has 0 aliphatic carbocycles. The molecule has 4 nitrogen and oxygen atoms in total. The zero-order valence-electron chi connectivity index (χ0n) is 15.4. The van der Waals surface area contributed by atoms with Crippen LogP contribution in [0.25, 0.3) is 0 Å². The van der Waals surface area contributed by atoms with Gasteiger partial charge in [-0.3, -0.25) is 4.79 Å². The third-order valence-electron chi connectivity index (χ3n) is 4.71. The molecule has 5 heteroatoms. The second kappa shape index (κ2) is 6.85. The summed E-state index contributed by atoms with van der Waals surface area (Å²) in [5.41, 5.74) is -0.140. The van der Waals surface area contributed by atoms with Gasteiger partial charge in [-0.25, -0.2) is 0 Å². The molecule has 0 N–H and O–H groups in total. The van der Waals surface area contributed by atoms with E-state index in [2.05, 4.69) is 47.7 Å². The van der Waals surface area contributed by atoms with Gasteiger partial charge in [-0.05, 0) is 30.6 Å². The first-order valence-corrected chi connectivity index (χ1v) is 10.9. The highest BCUT2D eigenvalue weighted by molar-refractivity contribution is 6.74. The second-order valence-electron chi connectivity index (χ2n) is 8.30. The summed E-state index contributed by atoms with van der Waals surface area (Å²) in [7, 11) is -1.78. The Morgan fingerprint density at radius 3 is 2.36 bits per heavy atom. The van der Waals surface area contributed by atoms with Crippen molar-refractivity contribution in [3.05, 3.63) is 12.2 Å². The summed E-state index contributed by atoms with van der Waals surface area (Å²) in [6.45, 7) is 17.6. The van der Waals surface area contributed by atoms with Crippen molar-refractivity contribution in [1.29, 1.82) is 0 Å². The smallest absolute Gasteiger partial charge is 0.305 e. The Labute approximate surface area is 136 Å². The van der Waals surface area contributed by atoms with E-state index in [9.17, 15) is 4.79 Å². The Morgan fingerprint density at radius 2 is 1.86 bits per heavy atom. The van der Waals surface area contributed by atoms with Crippen LogP contribution in [0.5, 0.6) is 0 Å². The number of carbonyl (C=O) groups excluding carboxylic acids is 1. The van der Waals surface area contributed by atoms with Crippen LogP contribution in [-0.4, -0.2) is 33.3 Å². The summed E-state index contributed by atoms with van der Waals surface area (Å²) in [6.07, 6.45) is 4.03. The Balaban J connectivity index is 2.67. The predicted octanol–water partition coefficient (Wildman–Crippen LogP) is 4.27. The standard InChI is InChI=1S/C17H32O4Si/c1-13(18)20-15-11-9-10-14(21-15)17(5,6)12-19-22(7,8)16(2,3)4/h9,11,14-15H,10,12H2,1-8H3/t14-,15?/m0/s1. The van der Waals surface area contributed by atoms with Crippen LogP contribution in [0.4, 0.5) is 0 Å². The van der Waals surface area contributed by atoms with Gasteiger partial charge in [0.15, 0.2) is 8.32 Å². The highest BCUT2D eigenvalue weighted by atomic mass is 28.4. The van der Waals surface area contributed by atoms with Crippen LogP contribution in [-0.2, 0) is 18.7 Å². The van der Waals surface area contributed by atoms with Crippen LogP contribution < -0.4 is 0 Å². The van der Waals surface area contributed by atoms with Crippen molar-refractivity contribution in [1.82, 2.24) is 0 Å².